The average Bonchev–Trinajstić information content (AvgIpc) is 2.96. The van der Waals surface area contributed by atoms with Crippen molar-refractivity contribution in [2.24, 2.45) is 11.8 Å². The number of benzene rings is 2. The monoisotopic (exact) mass is 628 g/mol. The SMILES string of the molecule is CCOC(=O)C1=C(C)NC(C)=C(C(=O)OCCC(C)C(C)CCOS(=O)(=O)c2ccc(C)cc2)C1c1cccc([N+](=O)[O-])c1. The van der Waals surface area contributed by atoms with Gasteiger partial charge in [0.15, 0.2) is 0 Å². The smallest absolute Gasteiger partial charge is 0.336 e. The van der Waals surface area contributed by atoms with Crippen LogP contribution in [0.4, 0.5) is 5.69 Å². The molecule has 0 amide bonds. The third-order valence-electron chi connectivity index (χ3n) is 7.79. The van der Waals surface area contributed by atoms with Crippen LogP contribution in [0.1, 0.15) is 64.5 Å². The van der Waals surface area contributed by atoms with E-state index in [0.29, 0.717) is 29.8 Å². The number of nitrogens with one attached hydrogen (secondary N) is 1. The number of carbonyl (C=O) groups excluding carboxylic acids is 2. The number of nitro benzene ring substituents is 1. The van der Waals surface area contributed by atoms with E-state index in [1.807, 2.05) is 20.8 Å². The molecule has 0 fully saturated rings. The molecule has 3 atom stereocenters. The minimum atomic E-state index is -3.85. The number of rotatable bonds is 14. The Labute approximate surface area is 258 Å². The summed E-state index contributed by atoms with van der Waals surface area (Å²) < 4.78 is 41.1. The molecule has 0 aliphatic carbocycles. The van der Waals surface area contributed by atoms with Crippen molar-refractivity contribution in [3.8, 4) is 0 Å². The Morgan fingerprint density at radius 2 is 1.48 bits per heavy atom. The van der Waals surface area contributed by atoms with Crippen LogP contribution in [0.25, 0.3) is 0 Å². The van der Waals surface area contributed by atoms with Gasteiger partial charge in [0, 0.05) is 23.5 Å². The van der Waals surface area contributed by atoms with Crippen molar-refractivity contribution in [1.29, 1.82) is 0 Å². The van der Waals surface area contributed by atoms with Crippen LogP contribution < -0.4 is 5.32 Å². The van der Waals surface area contributed by atoms with Gasteiger partial charge in [-0.2, -0.15) is 8.42 Å². The van der Waals surface area contributed by atoms with Crippen molar-refractivity contribution in [1.82, 2.24) is 5.32 Å². The third-order valence-corrected chi connectivity index (χ3v) is 9.12. The molecule has 238 valence electrons. The molecule has 44 heavy (non-hydrogen) atoms. The molecule has 0 aromatic heterocycles. The molecular weight excluding hydrogens is 588 g/mol. The molecule has 2 aromatic carbocycles. The highest BCUT2D eigenvalue weighted by molar-refractivity contribution is 7.86. The van der Waals surface area contributed by atoms with E-state index in [-0.39, 0.29) is 53.4 Å². The predicted molar refractivity (Wildman–Crippen MR) is 164 cm³/mol. The van der Waals surface area contributed by atoms with E-state index in [2.05, 4.69) is 5.32 Å². The predicted octanol–water partition coefficient (Wildman–Crippen LogP) is 5.70. The molecule has 2 aromatic rings. The number of dihydropyridines is 1. The molecule has 3 unspecified atom stereocenters. The first-order valence-electron chi connectivity index (χ1n) is 14.5. The lowest BCUT2D eigenvalue weighted by molar-refractivity contribution is -0.384. The number of esters is 2. The first-order chi connectivity index (χ1) is 20.8. The summed E-state index contributed by atoms with van der Waals surface area (Å²) in [6.07, 6.45) is 0.981. The number of hydrogen-bond donors (Lipinski definition) is 1. The number of nitrogens with zero attached hydrogens (tertiary/aromatic N) is 1. The molecule has 0 bridgehead atoms. The van der Waals surface area contributed by atoms with Gasteiger partial charge in [0.2, 0.25) is 0 Å². The number of allylic oxidation sites excluding steroid dienone is 2. The van der Waals surface area contributed by atoms with Crippen molar-refractivity contribution < 1.29 is 36.6 Å². The van der Waals surface area contributed by atoms with Crippen molar-refractivity contribution in [3.05, 3.63) is 92.3 Å². The van der Waals surface area contributed by atoms with Gasteiger partial charge in [-0.25, -0.2) is 9.59 Å². The van der Waals surface area contributed by atoms with Crippen molar-refractivity contribution in [3.63, 3.8) is 0 Å². The number of non-ortho nitro benzene ring substituents is 1. The minimum Gasteiger partial charge on any atom is -0.463 e. The minimum absolute atomic E-state index is 0.0203. The lowest BCUT2D eigenvalue weighted by Gasteiger charge is -2.30. The van der Waals surface area contributed by atoms with Crippen LogP contribution >= 0.6 is 0 Å². The Kier molecular flexibility index (Phi) is 11.8. The van der Waals surface area contributed by atoms with Crippen LogP contribution in [0.15, 0.2) is 76.0 Å². The van der Waals surface area contributed by atoms with Crippen molar-refractivity contribution in [2.75, 3.05) is 19.8 Å². The second-order valence-electron chi connectivity index (χ2n) is 11.0. The van der Waals surface area contributed by atoms with Gasteiger partial charge in [0.05, 0.1) is 46.7 Å². The second kappa shape index (κ2) is 15.1. The van der Waals surface area contributed by atoms with Crippen LogP contribution in [-0.4, -0.2) is 45.1 Å². The summed E-state index contributed by atoms with van der Waals surface area (Å²) in [7, 11) is -3.85. The van der Waals surface area contributed by atoms with E-state index >= 15 is 0 Å². The summed E-state index contributed by atoms with van der Waals surface area (Å²) in [6, 6.07) is 12.3. The fraction of sp³-hybridized carbons (Fsp3) is 0.438. The molecule has 0 saturated carbocycles. The summed E-state index contributed by atoms with van der Waals surface area (Å²) in [6.45, 7) is 11.1. The average molecular weight is 629 g/mol. The first kappa shape index (κ1) is 34.5. The number of nitro groups is 1. The highest BCUT2D eigenvalue weighted by Gasteiger charge is 2.38. The highest BCUT2D eigenvalue weighted by Crippen LogP contribution is 2.40. The lowest BCUT2D eigenvalue weighted by atomic mass is 9.80. The Morgan fingerprint density at radius 3 is 2.05 bits per heavy atom. The number of ether oxygens (including phenoxy) is 2. The third kappa shape index (κ3) is 8.54. The van der Waals surface area contributed by atoms with Gasteiger partial charge in [-0.1, -0.05) is 43.7 Å². The first-order valence-corrected chi connectivity index (χ1v) is 15.9. The zero-order valence-electron chi connectivity index (χ0n) is 25.9. The Balaban J connectivity index is 1.67. The largest absolute Gasteiger partial charge is 0.463 e. The Morgan fingerprint density at radius 1 is 0.909 bits per heavy atom. The Hall–Kier alpha value is -4.03. The number of aryl methyl sites for hydroxylation is 1. The number of carbonyl (C=O) groups is 2. The maximum absolute atomic E-state index is 13.5. The van der Waals surface area contributed by atoms with Crippen molar-refractivity contribution in [2.45, 2.75) is 65.2 Å². The molecule has 3 rings (SSSR count). The summed E-state index contributed by atoms with van der Waals surface area (Å²) in [4.78, 5) is 37.6. The molecule has 0 radical (unpaired) electrons. The maximum atomic E-state index is 13.5. The molecule has 0 spiro atoms. The molecule has 11 nitrogen and oxygen atoms in total. The highest BCUT2D eigenvalue weighted by atomic mass is 32.2. The fourth-order valence-corrected chi connectivity index (χ4v) is 5.92. The Bertz CT molecular complexity index is 1550. The fourth-order valence-electron chi connectivity index (χ4n) is 5.00. The number of hydrogen-bond acceptors (Lipinski definition) is 10. The quantitative estimate of drug-likeness (QED) is 0.119. The van der Waals surface area contributed by atoms with Gasteiger partial charge in [0.1, 0.15) is 0 Å². The van der Waals surface area contributed by atoms with Crippen LogP contribution in [-0.2, 0) is 33.4 Å². The molecule has 1 N–H and O–H groups in total. The van der Waals surface area contributed by atoms with E-state index in [4.69, 9.17) is 13.7 Å². The van der Waals surface area contributed by atoms with Crippen LogP contribution in [0.2, 0.25) is 0 Å². The van der Waals surface area contributed by atoms with Gasteiger partial charge in [-0.05, 0) is 70.1 Å². The normalized spacial score (nSPS) is 16.6. The summed E-state index contributed by atoms with van der Waals surface area (Å²) >= 11 is 0. The molecular formula is C32H40N2O9S. The van der Waals surface area contributed by atoms with E-state index < -0.39 is 32.9 Å². The maximum Gasteiger partial charge on any atom is 0.336 e. The zero-order valence-corrected chi connectivity index (χ0v) is 26.7. The molecule has 1 aliphatic heterocycles. The van der Waals surface area contributed by atoms with Gasteiger partial charge < -0.3 is 14.8 Å². The van der Waals surface area contributed by atoms with Gasteiger partial charge in [0.25, 0.3) is 15.8 Å². The topological polar surface area (TPSA) is 151 Å². The molecule has 1 aliphatic rings. The summed E-state index contributed by atoms with van der Waals surface area (Å²) in [5, 5.41) is 14.6. The lowest BCUT2D eigenvalue weighted by Crippen LogP contribution is -2.32. The standard InChI is InChI=1S/C32H40N2O9S/c1-7-41-31(35)28-23(5)33-24(6)29(30(28)25-9-8-10-26(19-25)34(37)38)32(36)42-17-15-21(3)22(4)16-18-43-44(39,40)27-13-11-20(2)12-14-27/h8-14,19,21-22,30,33H,7,15-18H2,1-6H3. The van der Waals surface area contributed by atoms with E-state index in [0.717, 1.165) is 5.56 Å². The van der Waals surface area contributed by atoms with E-state index in [1.165, 1.54) is 30.3 Å². The molecule has 1 heterocycles. The van der Waals surface area contributed by atoms with Gasteiger partial charge in [-0.3, -0.25) is 14.3 Å². The van der Waals surface area contributed by atoms with E-state index in [9.17, 15) is 28.1 Å². The van der Waals surface area contributed by atoms with Gasteiger partial charge in [-0.15, -0.1) is 0 Å². The van der Waals surface area contributed by atoms with Gasteiger partial charge >= 0.3 is 11.9 Å². The molecule has 12 heteroatoms. The summed E-state index contributed by atoms with van der Waals surface area (Å²) in [5.41, 5.74) is 2.43. The molecule has 0 saturated heterocycles. The van der Waals surface area contributed by atoms with E-state index in [1.54, 1.807) is 39.0 Å². The summed E-state index contributed by atoms with van der Waals surface area (Å²) in [5.74, 6) is -2.10. The second-order valence-corrected chi connectivity index (χ2v) is 12.6. The van der Waals surface area contributed by atoms with Crippen LogP contribution in [0.3, 0.4) is 0 Å². The van der Waals surface area contributed by atoms with Crippen molar-refractivity contribution >= 4 is 27.7 Å². The van der Waals surface area contributed by atoms with Crippen LogP contribution in [0, 0.1) is 28.9 Å². The zero-order chi connectivity index (χ0) is 32.6. The van der Waals surface area contributed by atoms with Crippen LogP contribution in [0.5, 0.6) is 0 Å².